The molecule has 0 aliphatic carbocycles. The summed E-state index contributed by atoms with van der Waals surface area (Å²) in [5, 5.41) is 0. The Balaban J connectivity index is 0.000000144. The SMILES string of the molecule is Cc1ccc(-[n+]2[c-]n(-c3[c-]cccc3)c3ccccc32)cc1.[CH3][Ge]1([CH3])[c]2ccc[c-]c2N2c3[c-]cccc3Oc3ccc[c]1c32.[Pt+4]. The summed E-state index contributed by atoms with van der Waals surface area (Å²) in [7, 11) is 0. The predicted octanol–water partition coefficient (Wildman–Crippen LogP) is 7.81. The van der Waals surface area contributed by atoms with E-state index >= 15 is 0 Å². The van der Waals surface area contributed by atoms with Crippen molar-refractivity contribution in [1.82, 2.24) is 4.57 Å². The number of fused-ring (bicyclic) bond motifs is 5. The summed E-state index contributed by atoms with van der Waals surface area (Å²) in [6.45, 7) is 2.10. The zero-order chi connectivity index (χ0) is 30.5. The van der Waals surface area contributed by atoms with Gasteiger partial charge in [-0.25, -0.2) is 0 Å². The molecule has 0 fully saturated rings. The number of hydrogen-bond donors (Lipinski definition) is 0. The number of aromatic nitrogens is 2. The third-order valence-electron chi connectivity index (χ3n) is 8.66. The molecule has 0 spiro atoms. The second kappa shape index (κ2) is 12.1. The van der Waals surface area contributed by atoms with E-state index in [1.165, 1.54) is 25.7 Å². The summed E-state index contributed by atoms with van der Waals surface area (Å²) in [4.78, 5) is 2.29. The van der Waals surface area contributed by atoms with Gasteiger partial charge in [0.2, 0.25) is 0 Å². The maximum atomic E-state index is 6.18. The Morgan fingerprint density at radius 3 is 2.15 bits per heavy atom. The number of rotatable bonds is 2. The average Bonchev–Trinajstić information content (AvgIpc) is 3.47. The molecule has 3 heterocycles. The van der Waals surface area contributed by atoms with Gasteiger partial charge in [-0.3, -0.25) is 4.57 Å². The van der Waals surface area contributed by atoms with E-state index in [4.69, 9.17) is 4.74 Å². The Morgan fingerprint density at radius 2 is 1.35 bits per heavy atom. The van der Waals surface area contributed by atoms with Gasteiger partial charge in [0, 0.05) is 0 Å². The number of imidazole rings is 1. The molecular weight excluding hydrogens is 806 g/mol. The molecule has 7 aromatic rings. The van der Waals surface area contributed by atoms with Gasteiger partial charge in [-0.1, -0.05) is 42.0 Å². The largest absolute Gasteiger partial charge is 4.00 e. The van der Waals surface area contributed by atoms with Crippen molar-refractivity contribution in [3.05, 3.63) is 157 Å². The molecule has 0 saturated carbocycles. The Morgan fingerprint density at radius 1 is 0.652 bits per heavy atom. The normalized spacial score (nSPS) is 13.2. The van der Waals surface area contributed by atoms with Gasteiger partial charge in [0.05, 0.1) is 16.7 Å². The number of benzene rings is 6. The maximum Gasteiger partial charge on any atom is 4.00 e. The third-order valence-corrected chi connectivity index (χ3v) is 16.0. The van der Waals surface area contributed by atoms with Crippen LogP contribution in [0.15, 0.2) is 127 Å². The van der Waals surface area contributed by atoms with E-state index in [1.54, 1.807) is 0 Å². The smallest absolute Gasteiger partial charge is 4.00 e. The molecule has 4 nitrogen and oxygen atoms in total. The number of para-hydroxylation sites is 6. The fourth-order valence-electron chi connectivity index (χ4n) is 6.37. The summed E-state index contributed by atoms with van der Waals surface area (Å²) >= 11 is -2.36. The first kappa shape index (κ1) is 30.3. The summed E-state index contributed by atoms with van der Waals surface area (Å²) in [5.41, 5.74) is 8.94. The standard InChI is InChI=1S/C20H15GeNO.C20H15N2.Pt/c1-21(2)14-8-3-4-10-16(14)22-17-11-5-6-12-18(17)23-19-13-7-9-15(21)20(19)22;1-16-11-13-18(14-12-16)22-15-21(17-7-3-2-4-8-17)19-9-5-6-10-20(19)22;/h3-9,12-13H,1-2H3;2-7,9-14H,1H3;/q-2;-1;+4. The topological polar surface area (TPSA) is 21.3 Å². The van der Waals surface area contributed by atoms with E-state index in [-0.39, 0.29) is 21.1 Å². The van der Waals surface area contributed by atoms with E-state index in [0.29, 0.717) is 0 Å². The molecule has 0 saturated heterocycles. The molecule has 6 heteroatoms. The fourth-order valence-corrected chi connectivity index (χ4v) is 12.5. The van der Waals surface area contributed by atoms with Crippen LogP contribution in [0.1, 0.15) is 5.56 Å². The minimum atomic E-state index is -2.36. The monoisotopic (exact) mass is 837 g/mol. The van der Waals surface area contributed by atoms with Crippen molar-refractivity contribution in [2.75, 3.05) is 4.90 Å². The second-order valence-electron chi connectivity index (χ2n) is 11.9. The van der Waals surface area contributed by atoms with Crippen molar-refractivity contribution in [2.24, 2.45) is 0 Å². The molecule has 0 bridgehead atoms. The first-order valence-electron chi connectivity index (χ1n) is 15.1. The summed E-state index contributed by atoms with van der Waals surface area (Å²) < 4.78 is 13.2. The van der Waals surface area contributed by atoms with Gasteiger partial charge in [0.15, 0.2) is 0 Å². The van der Waals surface area contributed by atoms with Gasteiger partial charge in [0.25, 0.3) is 6.33 Å². The van der Waals surface area contributed by atoms with Crippen LogP contribution in [0, 0.1) is 31.5 Å². The zero-order valence-electron chi connectivity index (χ0n) is 25.7. The van der Waals surface area contributed by atoms with E-state index in [0.717, 1.165) is 39.6 Å². The summed E-state index contributed by atoms with van der Waals surface area (Å²) in [6, 6.07) is 53.7. The van der Waals surface area contributed by atoms with Gasteiger partial charge >= 0.3 is 160 Å². The zero-order valence-corrected chi connectivity index (χ0v) is 30.1. The molecular formula is C40H30GeN3OPt+. The number of aryl methyl sites for hydroxylation is 1. The minimum absolute atomic E-state index is 0. The van der Waals surface area contributed by atoms with Crippen molar-refractivity contribution in [3.63, 3.8) is 0 Å². The van der Waals surface area contributed by atoms with E-state index in [9.17, 15) is 0 Å². The Kier molecular flexibility index (Phi) is 7.96. The van der Waals surface area contributed by atoms with Crippen molar-refractivity contribution in [1.29, 1.82) is 0 Å². The van der Waals surface area contributed by atoms with Crippen LogP contribution >= 0.6 is 0 Å². The van der Waals surface area contributed by atoms with Crippen molar-refractivity contribution in [3.8, 4) is 22.9 Å². The summed E-state index contributed by atoms with van der Waals surface area (Å²) in [5.74, 6) is 6.69. The molecule has 1 aromatic heterocycles. The molecule has 2 aliphatic heterocycles. The predicted molar refractivity (Wildman–Crippen MR) is 183 cm³/mol. The van der Waals surface area contributed by atoms with Crippen LogP contribution in [0.3, 0.4) is 0 Å². The minimum Gasteiger partial charge on any atom is 4.00 e. The first-order chi connectivity index (χ1) is 22.0. The van der Waals surface area contributed by atoms with E-state index in [2.05, 4.69) is 136 Å². The number of hydrogen-bond acceptors (Lipinski definition) is 2. The maximum absolute atomic E-state index is 6.18. The van der Waals surface area contributed by atoms with E-state index < -0.39 is 13.3 Å². The van der Waals surface area contributed by atoms with E-state index in [1.807, 2.05) is 48.5 Å². The molecule has 224 valence electrons. The molecule has 0 radical (unpaired) electrons. The van der Waals surface area contributed by atoms with Crippen molar-refractivity contribution in [2.45, 2.75) is 18.4 Å². The van der Waals surface area contributed by atoms with Gasteiger partial charge in [-0.05, 0) is 24.7 Å². The van der Waals surface area contributed by atoms with Crippen molar-refractivity contribution >= 4 is 50.2 Å². The molecule has 46 heavy (non-hydrogen) atoms. The van der Waals surface area contributed by atoms with Crippen LogP contribution in [0.5, 0.6) is 11.5 Å². The molecule has 2 aliphatic rings. The van der Waals surface area contributed by atoms with Crippen LogP contribution in [0.2, 0.25) is 11.5 Å². The number of anilines is 3. The molecule has 6 aromatic carbocycles. The van der Waals surface area contributed by atoms with Crippen LogP contribution in [0.4, 0.5) is 17.1 Å². The molecule has 0 unspecified atom stereocenters. The fraction of sp³-hybridized carbons (Fsp3) is 0.0750. The Labute approximate surface area is 287 Å². The number of nitrogens with zero attached hydrogens (tertiary/aromatic N) is 3. The first-order valence-corrected chi connectivity index (χ1v) is 21.4. The van der Waals surface area contributed by atoms with Crippen LogP contribution in [0.25, 0.3) is 22.4 Å². The van der Waals surface area contributed by atoms with Gasteiger partial charge in [-0.15, -0.1) is 0 Å². The molecule has 9 rings (SSSR count). The Hall–Kier alpha value is -4.38. The Bertz CT molecular complexity index is 2190. The van der Waals surface area contributed by atoms with Gasteiger partial charge < -0.3 is 4.57 Å². The molecule has 0 N–H and O–H groups in total. The quantitative estimate of drug-likeness (QED) is 0.101. The van der Waals surface area contributed by atoms with Gasteiger partial charge in [0.1, 0.15) is 0 Å². The number of ether oxygens (including phenoxy) is 1. The van der Waals surface area contributed by atoms with Crippen LogP contribution < -0.4 is 23.0 Å². The molecule has 0 amide bonds. The summed E-state index contributed by atoms with van der Waals surface area (Å²) in [6.07, 6.45) is 3.44. The van der Waals surface area contributed by atoms with Crippen molar-refractivity contribution < 1.29 is 30.4 Å². The third kappa shape index (κ3) is 5.01. The van der Waals surface area contributed by atoms with Crippen LogP contribution in [-0.4, -0.2) is 17.8 Å². The molecule has 0 atom stereocenters. The van der Waals surface area contributed by atoms with Gasteiger partial charge in [-0.2, -0.15) is 30.3 Å². The van der Waals surface area contributed by atoms with Crippen LogP contribution in [-0.2, 0) is 21.1 Å². The second-order valence-corrected chi connectivity index (χ2v) is 21.0. The average molecular weight is 836 g/mol.